The molecular formula is C24H20N8O2. The fraction of sp³-hybridized carbons (Fsp3) is 0.0833. The molecule has 4 heterocycles. The summed E-state index contributed by atoms with van der Waals surface area (Å²) < 4.78 is 3.26. The molecular weight excluding hydrogens is 432 g/mol. The molecule has 2 N–H and O–H groups in total. The van der Waals surface area contributed by atoms with Gasteiger partial charge in [0.15, 0.2) is 17.2 Å². The number of aryl methyl sites for hydroxylation is 1. The zero-order valence-corrected chi connectivity index (χ0v) is 18.4. The Morgan fingerprint density at radius 3 is 2.65 bits per heavy atom. The molecule has 0 aliphatic heterocycles. The Balaban J connectivity index is 1.58. The van der Waals surface area contributed by atoms with Crippen molar-refractivity contribution in [2.75, 3.05) is 12.4 Å². The van der Waals surface area contributed by atoms with Crippen molar-refractivity contribution < 1.29 is 9.59 Å². The number of amides is 2. The van der Waals surface area contributed by atoms with Crippen molar-refractivity contribution >= 4 is 23.1 Å². The second kappa shape index (κ2) is 8.58. The molecule has 34 heavy (non-hydrogen) atoms. The van der Waals surface area contributed by atoms with E-state index in [0.29, 0.717) is 28.4 Å². The largest absolute Gasteiger partial charge is 0.355 e. The highest BCUT2D eigenvalue weighted by molar-refractivity contribution is 6.08. The molecule has 0 saturated heterocycles. The number of nitrogens with one attached hydrogen (secondary N) is 2. The number of carbonyl (C=O) groups is 2. The van der Waals surface area contributed by atoms with Gasteiger partial charge in [0.25, 0.3) is 11.8 Å². The Bertz CT molecular complexity index is 1540. The number of anilines is 1. The molecule has 0 spiro atoms. The van der Waals surface area contributed by atoms with Gasteiger partial charge in [-0.15, -0.1) is 0 Å². The van der Waals surface area contributed by atoms with E-state index in [9.17, 15) is 9.59 Å². The molecule has 0 aliphatic carbocycles. The van der Waals surface area contributed by atoms with Crippen molar-refractivity contribution in [2.45, 2.75) is 6.92 Å². The first kappa shape index (κ1) is 21.0. The molecule has 0 atom stereocenters. The van der Waals surface area contributed by atoms with Gasteiger partial charge in [-0.2, -0.15) is 10.2 Å². The summed E-state index contributed by atoms with van der Waals surface area (Å²) in [5, 5.41) is 14.1. The number of benzene rings is 1. The number of pyridine rings is 2. The molecule has 5 rings (SSSR count). The predicted molar refractivity (Wildman–Crippen MR) is 126 cm³/mol. The van der Waals surface area contributed by atoms with Gasteiger partial charge in [0.05, 0.1) is 16.9 Å². The lowest BCUT2D eigenvalue weighted by Gasteiger charge is -2.09. The molecule has 0 saturated carbocycles. The fourth-order valence-electron chi connectivity index (χ4n) is 3.60. The Morgan fingerprint density at radius 1 is 0.971 bits per heavy atom. The molecule has 0 fully saturated rings. The summed E-state index contributed by atoms with van der Waals surface area (Å²) in [6.45, 7) is 1.89. The molecule has 5 aromatic rings. The highest BCUT2D eigenvalue weighted by Gasteiger charge is 2.20. The van der Waals surface area contributed by atoms with Crippen LogP contribution in [0, 0.1) is 6.92 Å². The first-order chi connectivity index (χ1) is 16.5. The minimum absolute atomic E-state index is 0.170. The minimum atomic E-state index is -0.453. The van der Waals surface area contributed by atoms with E-state index >= 15 is 0 Å². The second-order valence-corrected chi connectivity index (χ2v) is 7.52. The van der Waals surface area contributed by atoms with Crippen LogP contribution in [0.4, 0.5) is 5.69 Å². The molecule has 0 unspecified atom stereocenters. The van der Waals surface area contributed by atoms with Crippen LogP contribution in [-0.4, -0.2) is 48.2 Å². The number of hydrogen-bond acceptors (Lipinski definition) is 6. The normalized spacial score (nSPS) is 10.9. The van der Waals surface area contributed by atoms with E-state index in [2.05, 4.69) is 30.8 Å². The first-order valence-electron chi connectivity index (χ1n) is 10.5. The number of fused-ring (bicyclic) bond motifs is 1. The molecule has 0 radical (unpaired) electrons. The molecule has 168 valence electrons. The van der Waals surface area contributed by atoms with Crippen molar-refractivity contribution in [2.24, 2.45) is 0 Å². The van der Waals surface area contributed by atoms with E-state index in [1.807, 2.05) is 43.5 Å². The third kappa shape index (κ3) is 3.88. The summed E-state index contributed by atoms with van der Waals surface area (Å²) in [6, 6.07) is 17.8. The Hall–Kier alpha value is -4.86. The SMILES string of the molecule is CNC(=O)c1ccccc1NC(=O)c1cc(-c2ccc3ncnn3c2)n(-c2cccc(C)n2)n1. The number of nitrogens with zero attached hydrogens (tertiary/aromatic N) is 6. The molecule has 10 heteroatoms. The molecule has 0 bridgehead atoms. The van der Waals surface area contributed by atoms with Crippen molar-refractivity contribution in [3.63, 3.8) is 0 Å². The van der Waals surface area contributed by atoms with Crippen LogP contribution < -0.4 is 10.6 Å². The van der Waals surface area contributed by atoms with Gasteiger partial charge < -0.3 is 10.6 Å². The summed E-state index contributed by atoms with van der Waals surface area (Å²) >= 11 is 0. The van der Waals surface area contributed by atoms with Crippen LogP contribution in [0.2, 0.25) is 0 Å². The maximum Gasteiger partial charge on any atom is 0.276 e. The van der Waals surface area contributed by atoms with Gasteiger partial charge in [0.2, 0.25) is 0 Å². The second-order valence-electron chi connectivity index (χ2n) is 7.52. The van der Waals surface area contributed by atoms with Crippen molar-refractivity contribution in [1.82, 2.24) is 34.7 Å². The summed E-state index contributed by atoms with van der Waals surface area (Å²) in [4.78, 5) is 34.1. The van der Waals surface area contributed by atoms with Gasteiger partial charge in [0.1, 0.15) is 6.33 Å². The van der Waals surface area contributed by atoms with Crippen LogP contribution in [0.3, 0.4) is 0 Å². The summed E-state index contributed by atoms with van der Waals surface area (Å²) in [5.41, 5.74) is 3.86. The van der Waals surface area contributed by atoms with Gasteiger partial charge in [-0.25, -0.2) is 19.2 Å². The third-order valence-electron chi connectivity index (χ3n) is 5.25. The molecule has 2 amide bonds. The predicted octanol–water partition coefficient (Wildman–Crippen LogP) is 2.90. The van der Waals surface area contributed by atoms with Crippen LogP contribution in [0.15, 0.2) is 73.2 Å². The highest BCUT2D eigenvalue weighted by atomic mass is 16.2. The van der Waals surface area contributed by atoms with E-state index in [1.165, 1.54) is 13.4 Å². The fourth-order valence-corrected chi connectivity index (χ4v) is 3.60. The average Bonchev–Trinajstić information content (AvgIpc) is 3.51. The van der Waals surface area contributed by atoms with Crippen LogP contribution in [-0.2, 0) is 0 Å². The van der Waals surface area contributed by atoms with Crippen LogP contribution in [0.1, 0.15) is 26.5 Å². The first-order valence-corrected chi connectivity index (χ1v) is 10.5. The van der Waals surface area contributed by atoms with Gasteiger partial charge in [-0.3, -0.25) is 9.59 Å². The zero-order valence-electron chi connectivity index (χ0n) is 18.4. The third-order valence-corrected chi connectivity index (χ3v) is 5.25. The van der Waals surface area contributed by atoms with Crippen molar-refractivity contribution in [3.8, 4) is 17.1 Å². The van der Waals surface area contributed by atoms with E-state index in [0.717, 1.165) is 11.3 Å². The zero-order chi connectivity index (χ0) is 23.7. The van der Waals surface area contributed by atoms with Crippen LogP contribution in [0.25, 0.3) is 22.7 Å². The monoisotopic (exact) mass is 452 g/mol. The lowest BCUT2D eigenvalue weighted by atomic mass is 10.1. The summed E-state index contributed by atoms with van der Waals surface area (Å²) in [7, 11) is 1.54. The van der Waals surface area contributed by atoms with Crippen molar-refractivity contribution in [1.29, 1.82) is 0 Å². The summed E-state index contributed by atoms with van der Waals surface area (Å²) in [6.07, 6.45) is 3.29. The highest BCUT2D eigenvalue weighted by Crippen LogP contribution is 2.25. The molecule has 1 aromatic carbocycles. The smallest absolute Gasteiger partial charge is 0.276 e. The quantitative estimate of drug-likeness (QED) is 0.423. The molecule has 10 nitrogen and oxygen atoms in total. The van der Waals surface area contributed by atoms with Gasteiger partial charge in [0, 0.05) is 24.5 Å². The Labute approximate surface area is 194 Å². The number of aromatic nitrogens is 6. The van der Waals surface area contributed by atoms with E-state index < -0.39 is 5.91 Å². The van der Waals surface area contributed by atoms with Gasteiger partial charge in [-0.05, 0) is 49.4 Å². The number of rotatable bonds is 5. The van der Waals surface area contributed by atoms with Gasteiger partial charge in [-0.1, -0.05) is 18.2 Å². The Kier molecular flexibility index (Phi) is 5.30. The lowest BCUT2D eigenvalue weighted by Crippen LogP contribution is -2.21. The summed E-state index contributed by atoms with van der Waals surface area (Å²) in [5.74, 6) is -0.184. The minimum Gasteiger partial charge on any atom is -0.355 e. The number of carbonyl (C=O) groups excluding carboxylic acids is 2. The van der Waals surface area contributed by atoms with E-state index in [1.54, 1.807) is 39.5 Å². The van der Waals surface area contributed by atoms with E-state index in [-0.39, 0.29) is 11.6 Å². The van der Waals surface area contributed by atoms with Gasteiger partial charge >= 0.3 is 0 Å². The van der Waals surface area contributed by atoms with Crippen LogP contribution in [0.5, 0.6) is 0 Å². The maximum absolute atomic E-state index is 13.2. The number of para-hydroxylation sites is 1. The standard InChI is InChI=1S/C24H20N8O2/c1-15-6-5-9-22(28-15)32-20(16-10-11-21-26-14-27-31(21)13-16)12-19(30-32)24(34)29-18-8-4-3-7-17(18)23(33)25-2/h3-14H,1-2H3,(H,25,33)(H,29,34). The molecule has 4 aromatic heterocycles. The molecule has 0 aliphatic rings. The number of hydrogen-bond donors (Lipinski definition) is 2. The van der Waals surface area contributed by atoms with Crippen molar-refractivity contribution in [3.05, 3.63) is 90.1 Å². The maximum atomic E-state index is 13.2. The van der Waals surface area contributed by atoms with Crippen LogP contribution >= 0.6 is 0 Å². The Morgan fingerprint density at radius 2 is 1.82 bits per heavy atom. The lowest BCUT2D eigenvalue weighted by molar-refractivity contribution is 0.0964. The topological polar surface area (TPSA) is 119 Å². The van der Waals surface area contributed by atoms with E-state index in [4.69, 9.17) is 0 Å². The average molecular weight is 452 g/mol.